The molecule has 0 amide bonds. The van der Waals surface area contributed by atoms with Gasteiger partial charge < -0.3 is 10.3 Å². The Balaban J connectivity index is 2.06. The van der Waals surface area contributed by atoms with Gasteiger partial charge in [-0.15, -0.1) is 0 Å². The summed E-state index contributed by atoms with van der Waals surface area (Å²) in [5.74, 6) is 2.36. The fraction of sp³-hybridized carbons (Fsp3) is 0.471. The average molecular weight is 269 g/mol. The summed E-state index contributed by atoms with van der Waals surface area (Å²) in [4.78, 5) is 4.83. The first-order valence-corrected chi connectivity index (χ1v) is 7.58. The van der Waals surface area contributed by atoms with Gasteiger partial charge >= 0.3 is 0 Å². The third kappa shape index (κ3) is 2.21. The lowest BCUT2D eigenvalue weighted by Crippen LogP contribution is -2.06. The number of nitrogens with zero attached hydrogens (tertiary/aromatic N) is 2. The molecule has 1 aromatic heterocycles. The van der Waals surface area contributed by atoms with E-state index in [1.165, 1.54) is 18.4 Å². The highest BCUT2D eigenvalue weighted by molar-refractivity contribution is 5.71. The zero-order valence-electron chi connectivity index (χ0n) is 12.6. The summed E-state index contributed by atoms with van der Waals surface area (Å²) in [7, 11) is 0. The van der Waals surface area contributed by atoms with Gasteiger partial charge in [-0.3, -0.25) is 0 Å². The number of rotatable bonds is 4. The highest BCUT2D eigenvalue weighted by Gasteiger charge is 2.30. The molecule has 1 saturated carbocycles. The lowest BCUT2D eigenvalue weighted by Gasteiger charge is -2.10. The van der Waals surface area contributed by atoms with Gasteiger partial charge in [-0.1, -0.05) is 45.0 Å². The van der Waals surface area contributed by atoms with Gasteiger partial charge in [0.1, 0.15) is 17.3 Å². The fourth-order valence-corrected chi connectivity index (χ4v) is 2.70. The standard InChI is InChI=1S/C17H23N3/c1-4-12-5-7-13(8-6-12)15-16(18)20(14-9-10-14)17(19-15)11(2)3/h5-8,11,14H,4,9-10,18H2,1-3H3. The van der Waals surface area contributed by atoms with E-state index in [1.807, 2.05) is 0 Å². The summed E-state index contributed by atoms with van der Waals surface area (Å²) in [6, 6.07) is 9.18. The Labute approximate surface area is 120 Å². The summed E-state index contributed by atoms with van der Waals surface area (Å²) in [6.45, 7) is 6.54. The van der Waals surface area contributed by atoms with Crippen LogP contribution in [-0.2, 0) is 6.42 Å². The SMILES string of the molecule is CCc1ccc(-c2nc(C(C)C)n(C3CC3)c2N)cc1. The summed E-state index contributed by atoms with van der Waals surface area (Å²) >= 11 is 0. The zero-order chi connectivity index (χ0) is 14.3. The molecule has 2 N–H and O–H groups in total. The van der Waals surface area contributed by atoms with E-state index < -0.39 is 0 Å². The Morgan fingerprint density at radius 2 is 1.90 bits per heavy atom. The number of imidazole rings is 1. The molecule has 2 aromatic rings. The number of nitrogens with two attached hydrogens (primary N) is 1. The minimum Gasteiger partial charge on any atom is -0.383 e. The molecule has 1 fully saturated rings. The first-order chi connectivity index (χ1) is 9.61. The lowest BCUT2D eigenvalue weighted by molar-refractivity contribution is 0.646. The van der Waals surface area contributed by atoms with E-state index in [0.717, 1.165) is 29.3 Å². The molecule has 0 radical (unpaired) electrons. The van der Waals surface area contributed by atoms with Crippen LogP contribution in [0.2, 0.25) is 0 Å². The Kier molecular flexibility index (Phi) is 3.28. The van der Waals surface area contributed by atoms with Crippen LogP contribution in [0, 0.1) is 0 Å². The van der Waals surface area contributed by atoms with Crippen LogP contribution in [0.4, 0.5) is 5.82 Å². The number of anilines is 1. The summed E-state index contributed by atoms with van der Waals surface area (Å²) in [5.41, 5.74) is 9.80. The third-order valence-corrected chi connectivity index (χ3v) is 4.04. The van der Waals surface area contributed by atoms with E-state index in [4.69, 9.17) is 10.7 Å². The Morgan fingerprint density at radius 1 is 1.25 bits per heavy atom. The van der Waals surface area contributed by atoms with Crippen molar-refractivity contribution in [3.63, 3.8) is 0 Å². The molecule has 20 heavy (non-hydrogen) atoms. The highest BCUT2D eigenvalue weighted by atomic mass is 15.2. The van der Waals surface area contributed by atoms with Gasteiger partial charge in [0.15, 0.2) is 0 Å². The first-order valence-electron chi connectivity index (χ1n) is 7.58. The molecule has 0 saturated heterocycles. The van der Waals surface area contributed by atoms with Crippen LogP contribution < -0.4 is 5.73 Å². The van der Waals surface area contributed by atoms with E-state index in [9.17, 15) is 0 Å². The predicted octanol–water partition coefficient (Wildman–Crippen LogP) is 4.15. The van der Waals surface area contributed by atoms with Crippen molar-refractivity contribution in [3.8, 4) is 11.3 Å². The summed E-state index contributed by atoms with van der Waals surface area (Å²) < 4.78 is 2.26. The van der Waals surface area contributed by atoms with Gasteiger partial charge in [-0.05, 0) is 24.8 Å². The van der Waals surface area contributed by atoms with Gasteiger partial charge in [0.05, 0.1) is 0 Å². The Hall–Kier alpha value is -1.77. The maximum absolute atomic E-state index is 6.39. The number of hydrogen-bond acceptors (Lipinski definition) is 2. The molecule has 1 aliphatic carbocycles. The van der Waals surface area contributed by atoms with Gasteiger partial charge in [-0.2, -0.15) is 0 Å². The summed E-state index contributed by atoms with van der Waals surface area (Å²) in [5, 5.41) is 0. The number of benzene rings is 1. The van der Waals surface area contributed by atoms with Crippen molar-refractivity contribution in [2.75, 3.05) is 5.73 Å². The van der Waals surface area contributed by atoms with Gasteiger partial charge in [0, 0.05) is 17.5 Å². The fourth-order valence-electron chi connectivity index (χ4n) is 2.70. The average Bonchev–Trinajstić information content (AvgIpc) is 3.22. The van der Waals surface area contributed by atoms with E-state index in [1.54, 1.807) is 0 Å². The molecule has 0 bridgehead atoms. The van der Waals surface area contributed by atoms with Crippen LogP contribution in [-0.4, -0.2) is 9.55 Å². The molecule has 3 rings (SSSR count). The molecule has 1 heterocycles. The minimum absolute atomic E-state index is 0.404. The molecule has 1 aromatic carbocycles. The predicted molar refractivity (Wildman–Crippen MR) is 83.8 cm³/mol. The molecule has 1 aliphatic rings. The molecule has 0 aliphatic heterocycles. The monoisotopic (exact) mass is 269 g/mol. The lowest BCUT2D eigenvalue weighted by atomic mass is 10.1. The molecular formula is C17H23N3. The molecule has 0 spiro atoms. The number of hydrogen-bond donors (Lipinski definition) is 1. The van der Waals surface area contributed by atoms with E-state index in [0.29, 0.717) is 12.0 Å². The maximum Gasteiger partial charge on any atom is 0.132 e. The van der Waals surface area contributed by atoms with Crippen LogP contribution >= 0.6 is 0 Å². The molecule has 0 unspecified atom stereocenters. The van der Waals surface area contributed by atoms with Gasteiger partial charge in [-0.25, -0.2) is 4.98 Å². The first kappa shape index (κ1) is 13.2. The number of aryl methyl sites for hydroxylation is 1. The minimum atomic E-state index is 0.404. The van der Waals surface area contributed by atoms with Crippen LogP contribution in [0.3, 0.4) is 0 Å². The summed E-state index contributed by atoms with van der Waals surface area (Å²) in [6.07, 6.45) is 3.52. The Bertz CT molecular complexity index is 604. The zero-order valence-corrected chi connectivity index (χ0v) is 12.6. The quantitative estimate of drug-likeness (QED) is 0.906. The maximum atomic E-state index is 6.39. The molecular weight excluding hydrogens is 246 g/mol. The topological polar surface area (TPSA) is 43.8 Å². The normalized spacial score (nSPS) is 15.0. The third-order valence-electron chi connectivity index (χ3n) is 4.04. The van der Waals surface area contributed by atoms with Crippen LogP contribution in [0.25, 0.3) is 11.3 Å². The molecule has 106 valence electrons. The van der Waals surface area contributed by atoms with E-state index in [2.05, 4.69) is 49.6 Å². The van der Waals surface area contributed by atoms with Gasteiger partial charge in [0.2, 0.25) is 0 Å². The van der Waals surface area contributed by atoms with E-state index in [-0.39, 0.29) is 0 Å². The van der Waals surface area contributed by atoms with Crippen molar-refractivity contribution in [1.29, 1.82) is 0 Å². The number of aromatic nitrogens is 2. The van der Waals surface area contributed by atoms with E-state index >= 15 is 0 Å². The van der Waals surface area contributed by atoms with Crippen LogP contribution in [0.1, 0.15) is 57.0 Å². The second kappa shape index (κ2) is 4.97. The molecule has 3 nitrogen and oxygen atoms in total. The Morgan fingerprint density at radius 3 is 2.40 bits per heavy atom. The van der Waals surface area contributed by atoms with Gasteiger partial charge in [0.25, 0.3) is 0 Å². The largest absolute Gasteiger partial charge is 0.383 e. The van der Waals surface area contributed by atoms with Crippen molar-refractivity contribution in [1.82, 2.24) is 9.55 Å². The van der Waals surface area contributed by atoms with Crippen molar-refractivity contribution in [3.05, 3.63) is 35.7 Å². The second-order valence-corrected chi connectivity index (χ2v) is 6.01. The second-order valence-electron chi connectivity index (χ2n) is 6.01. The number of nitrogen functional groups attached to an aromatic ring is 1. The van der Waals surface area contributed by atoms with Crippen LogP contribution in [0.5, 0.6) is 0 Å². The highest BCUT2D eigenvalue weighted by Crippen LogP contribution is 2.42. The smallest absolute Gasteiger partial charge is 0.132 e. The molecule has 3 heteroatoms. The van der Waals surface area contributed by atoms with Crippen molar-refractivity contribution in [2.45, 2.75) is 52.0 Å². The molecule has 0 atom stereocenters. The van der Waals surface area contributed by atoms with Crippen molar-refractivity contribution >= 4 is 5.82 Å². The van der Waals surface area contributed by atoms with Crippen molar-refractivity contribution in [2.24, 2.45) is 0 Å². The van der Waals surface area contributed by atoms with Crippen LogP contribution in [0.15, 0.2) is 24.3 Å². The van der Waals surface area contributed by atoms with Crippen molar-refractivity contribution < 1.29 is 0 Å².